The Morgan fingerprint density at radius 2 is 1.59 bits per heavy atom. The number of benzene rings is 3. The van der Waals surface area contributed by atoms with Gasteiger partial charge < -0.3 is 15.4 Å². The number of amides is 3. The second-order valence-corrected chi connectivity index (χ2v) is 8.26. The van der Waals surface area contributed by atoms with Crippen molar-refractivity contribution in [3.8, 4) is 5.75 Å². The summed E-state index contributed by atoms with van der Waals surface area (Å²) in [6, 6.07) is 17.9. The lowest BCUT2D eigenvalue weighted by Gasteiger charge is -2.17. The number of imide groups is 1. The van der Waals surface area contributed by atoms with E-state index < -0.39 is 11.8 Å². The molecule has 3 aromatic rings. The van der Waals surface area contributed by atoms with Crippen LogP contribution in [0.5, 0.6) is 5.75 Å². The molecule has 0 spiro atoms. The van der Waals surface area contributed by atoms with Gasteiger partial charge in [-0.05, 0) is 42.5 Å². The fourth-order valence-electron chi connectivity index (χ4n) is 3.28. The fourth-order valence-corrected chi connectivity index (χ4v) is 3.87. The third-order valence-electron chi connectivity index (χ3n) is 4.92. The van der Waals surface area contributed by atoms with Gasteiger partial charge in [0.05, 0.1) is 22.8 Å². The predicted octanol–water partition coefficient (Wildman–Crippen LogP) is 5.69. The first-order chi connectivity index (χ1) is 16.3. The van der Waals surface area contributed by atoms with Crippen LogP contribution in [0.3, 0.4) is 0 Å². The van der Waals surface area contributed by atoms with Crippen LogP contribution in [0.1, 0.15) is 10.4 Å². The molecule has 1 aliphatic rings. The van der Waals surface area contributed by atoms with Crippen molar-refractivity contribution < 1.29 is 19.1 Å². The highest BCUT2D eigenvalue weighted by molar-refractivity contribution is 6.54. The van der Waals surface area contributed by atoms with E-state index in [1.165, 1.54) is 25.3 Å². The van der Waals surface area contributed by atoms with Gasteiger partial charge in [0.2, 0.25) is 0 Å². The van der Waals surface area contributed by atoms with Crippen molar-refractivity contribution in [2.45, 2.75) is 0 Å². The monoisotopic (exact) mass is 515 g/mol. The number of carbonyl (C=O) groups is 3. The van der Waals surface area contributed by atoms with Crippen LogP contribution in [0.2, 0.25) is 10.0 Å². The van der Waals surface area contributed by atoms with Gasteiger partial charge in [0.25, 0.3) is 17.7 Å². The van der Waals surface area contributed by atoms with E-state index in [0.29, 0.717) is 22.7 Å². The molecule has 0 saturated heterocycles. The number of methoxy groups -OCH3 is 1. The minimum atomic E-state index is -0.745. The molecule has 0 radical (unpaired) electrons. The molecule has 0 saturated carbocycles. The minimum Gasteiger partial charge on any atom is -0.497 e. The van der Waals surface area contributed by atoms with Gasteiger partial charge in [-0.3, -0.25) is 14.4 Å². The van der Waals surface area contributed by atoms with Crippen molar-refractivity contribution in [1.29, 1.82) is 0 Å². The molecule has 1 heterocycles. The van der Waals surface area contributed by atoms with Gasteiger partial charge >= 0.3 is 0 Å². The van der Waals surface area contributed by atoms with Crippen LogP contribution < -0.4 is 20.3 Å². The standard InChI is InChI=1S/C24H16Cl3N3O4/c1-34-16-8-3-7-15(12-16)29-22(31)13-5-2-6-14(11-13)28-21-20(27)23(32)30(24(21)33)18-10-4-9-17(25)19(18)26/h2-12,28H,1H3,(H,29,31). The van der Waals surface area contributed by atoms with Gasteiger partial charge in [-0.2, -0.15) is 0 Å². The molecule has 3 aromatic carbocycles. The van der Waals surface area contributed by atoms with Crippen LogP contribution in [0.25, 0.3) is 0 Å². The van der Waals surface area contributed by atoms with Crippen LogP contribution in [0.15, 0.2) is 77.5 Å². The number of halogens is 3. The van der Waals surface area contributed by atoms with Crippen molar-refractivity contribution in [3.05, 3.63) is 93.1 Å². The number of hydrogen-bond donors (Lipinski definition) is 2. The maximum atomic E-state index is 13.0. The summed E-state index contributed by atoms with van der Waals surface area (Å²) in [5.74, 6) is -1.22. The lowest BCUT2D eigenvalue weighted by molar-refractivity contribution is -0.120. The first-order valence-corrected chi connectivity index (χ1v) is 11.0. The number of ether oxygens (including phenoxy) is 1. The molecule has 10 heteroatoms. The largest absolute Gasteiger partial charge is 0.497 e. The summed E-state index contributed by atoms with van der Waals surface area (Å²) < 4.78 is 5.16. The average molecular weight is 517 g/mol. The molecule has 7 nitrogen and oxygen atoms in total. The van der Waals surface area contributed by atoms with Crippen molar-refractivity contribution in [1.82, 2.24) is 0 Å². The Kier molecular flexibility index (Phi) is 6.79. The Morgan fingerprint density at radius 1 is 0.882 bits per heavy atom. The van der Waals surface area contributed by atoms with Gasteiger partial charge in [-0.25, -0.2) is 4.90 Å². The summed E-state index contributed by atoms with van der Waals surface area (Å²) in [4.78, 5) is 39.3. The third kappa shape index (κ3) is 4.59. The second kappa shape index (κ2) is 9.77. The highest BCUT2D eigenvalue weighted by Gasteiger charge is 2.40. The van der Waals surface area contributed by atoms with E-state index in [1.54, 1.807) is 48.5 Å². The Balaban J connectivity index is 1.55. The zero-order valence-electron chi connectivity index (χ0n) is 17.6. The van der Waals surface area contributed by atoms with Crippen molar-refractivity contribution in [2.24, 2.45) is 0 Å². The first kappa shape index (κ1) is 23.6. The minimum absolute atomic E-state index is 0.0489. The van der Waals surface area contributed by atoms with E-state index in [1.807, 2.05) is 0 Å². The smallest absolute Gasteiger partial charge is 0.283 e. The zero-order chi connectivity index (χ0) is 24.4. The van der Waals surface area contributed by atoms with E-state index in [9.17, 15) is 14.4 Å². The second-order valence-electron chi connectivity index (χ2n) is 7.10. The van der Waals surface area contributed by atoms with Crippen LogP contribution in [0, 0.1) is 0 Å². The Hall–Kier alpha value is -3.52. The molecular weight excluding hydrogens is 501 g/mol. The van der Waals surface area contributed by atoms with Crippen molar-refractivity contribution >= 4 is 69.6 Å². The van der Waals surface area contributed by atoms with Gasteiger partial charge in [0.1, 0.15) is 16.5 Å². The number of hydrogen-bond acceptors (Lipinski definition) is 5. The highest BCUT2D eigenvalue weighted by atomic mass is 35.5. The topological polar surface area (TPSA) is 87.7 Å². The van der Waals surface area contributed by atoms with E-state index >= 15 is 0 Å². The number of rotatable bonds is 6. The summed E-state index contributed by atoms with van der Waals surface area (Å²) in [6.45, 7) is 0. The molecule has 0 unspecified atom stereocenters. The molecule has 3 amide bonds. The summed E-state index contributed by atoms with van der Waals surface area (Å²) in [6.07, 6.45) is 0. The lowest BCUT2D eigenvalue weighted by atomic mass is 10.1. The highest BCUT2D eigenvalue weighted by Crippen LogP contribution is 2.37. The molecule has 0 aromatic heterocycles. The SMILES string of the molecule is COc1cccc(NC(=O)c2cccc(NC3=C(Cl)C(=O)N(c4cccc(Cl)c4Cl)C3=O)c2)c1. The van der Waals surface area contributed by atoms with Crippen molar-refractivity contribution in [3.63, 3.8) is 0 Å². The van der Waals surface area contributed by atoms with Crippen LogP contribution in [-0.4, -0.2) is 24.8 Å². The van der Waals surface area contributed by atoms with E-state index in [2.05, 4.69) is 10.6 Å². The van der Waals surface area contributed by atoms with E-state index in [0.717, 1.165) is 4.90 Å². The third-order valence-corrected chi connectivity index (χ3v) is 6.08. The lowest BCUT2D eigenvalue weighted by Crippen LogP contribution is -2.32. The molecule has 1 aliphatic heterocycles. The molecule has 0 bridgehead atoms. The summed E-state index contributed by atoms with van der Waals surface area (Å²) in [7, 11) is 1.53. The van der Waals surface area contributed by atoms with Crippen LogP contribution in [0.4, 0.5) is 17.1 Å². The quantitative estimate of drug-likeness (QED) is 0.411. The van der Waals surface area contributed by atoms with Gasteiger partial charge in [0.15, 0.2) is 0 Å². The van der Waals surface area contributed by atoms with Crippen molar-refractivity contribution in [2.75, 3.05) is 22.6 Å². The molecule has 34 heavy (non-hydrogen) atoms. The van der Waals surface area contributed by atoms with Gasteiger partial charge in [-0.15, -0.1) is 0 Å². The Morgan fingerprint density at radius 3 is 2.35 bits per heavy atom. The number of nitrogens with zero attached hydrogens (tertiary/aromatic N) is 1. The zero-order valence-corrected chi connectivity index (χ0v) is 19.8. The number of nitrogens with one attached hydrogen (secondary N) is 2. The molecule has 172 valence electrons. The molecule has 0 aliphatic carbocycles. The van der Waals surface area contributed by atoms with Crippen LogP contribution in [-0.2, 0) is 9.59 Å². The molecular formula is C24H16Cl3N3O4. The van der Waals surface area contributed by atoms with E-state index in [4.69, 9.17) is 39.5 Å². The number of anilines is 3. The molecule has 4 rings (SSSR count). The Bertz CT molecular complexity index is 1360. The maximum Gasteiger partial charge on any atom is 0.283 e. The van der Waals surface area contributed by atoms with Crippen LogP contribution >= 0.6 is 34.8 Å². The Labute approximate surface area is 209 Å². The number of carbonyl (C=O) groups excluding carboxylic acids is 3. The van der Waals surface area contributed by atoms with E-state index in [-0.39, 0.29) is 32.4 Å². The normalized spacial score (nSPS) is 13.4. The van der Waals surface area contributed by atoms with Gasteiger partial charge in [0, 0.05) is 23.0 Å². The molecule has 2 N–H and O–H groups in total. The molecule has 0 atom stereocenters. The molecule has 0 fully saturated rings. The predicted molar refractivity (Wildman–Crippen MR) is 133 cm³/mol. The maximum absolute atomic E-state index is 13.0. The average Bonchev–Trinajstić information content (AvgIpc) is 3.04. The fraction of sp³-hybridized carbons (Fsp3) is 0.0417. The summed E-state index contributed by atoms with van der Waals surface area (Å²) >= 11 is 18.4. The van der Waals surface area contributed by atoms with Gasteiger partial charge in [-0.1, -0.05) is 53.0 Å². The first-order valence-electron chi connectivity index (χ1n) is 9.85. The summed E-state index contributed by atoms with van der Waals surface area (Å²) in [5.41, 5.74) is 1.22. The summed E-state index contributed by atoms with van der Waals surface area (Å²) in [5, 5.41) is 5.54.